The van der Waals surface area contributed by atoms with Crippen molar-refractivity contribution in [1.29, 1.82) is 0 Å². The van der Waals surface area contributed by atoms with Crippen molar-refractivity contribution in [1.82, 2.24) is 14.4 Å². The van der Waals surface area contributed by atoms with Gasteiger partial charge in [0, 0.05) is 37.4 Å². The first-order valence-electron chi connectivity index (χ1n) is 9.81. The molecule has 1 atom stereocenters. The maximum atomic E-state index is 13.2. The standard InChI is InChI=1S/C22H29N3O2/c1-4-12-24(22(27)17(2)3)16-20(26)25-15-14-23-13-8-11-19(23)21(25)18-9-6-5-7-10-18/h5-11,13,17,21H,4,12,14-16H2,1-3H3. The van der Waals surface area contributed by atoms with E-state index in [0.717, 1.165) is 24.2 Å². The van der Waals surface area contributed by atoms with E-state index in [1.54, 1.807) is 4.90 Å². The summed E-state index contributed by atoms with van der Waals surface area (Å²) in [6.45, 7) is 7.99. The van der Waals surface area contributed by atoms with Gasteiger partial charge in [0.1, 0.15) is 0 Å². The van der Waals surface area contributed by atoms with E-state index < -0.39 is 0 Å². The van der Waals surface area contributed by atoms with Gasteiger partial charge in [0.05, 0.1) is 12.6 Å². The van der Waals surface area contributed by atoms with E-state index in [1.165, 1.54) is 0 Å². The molecule has 1 unspecified atom stereocenters. The minimum atomic E-state index is -0.111. The van der Waals surface area contributed by atoms with Crippen LogP contribution < -0.4 is 0 Å². The van der Waals surface area contributed by atoms with Gasteiger partial charge in [0.2, 0.25) is 11.8 Å². The Morgan fingerprint density at radius 2 is 1.85 bits per heavy atom. The van der Waals surface area contributed by atoms with E-state index >= 15 is 0 Å². The second-order valence-electron chi connectivity index (χ2n) is 7.44. The van der Waals surface area contributed by atoms with Crippen LogP contribution in [0.4, 0.5) is 0 Å². The average molecular weight is 367 g/mol. The van der Waals surface area contributed by atoms with Crippen molar-refractivity contribution in [3.8, 4) is 0 Å². The second-order valence-corrected chi connectivity index (χ2v) is 7.44. The lowest BCUT2D eigenvalue weighted by Crippen LogP contribution is -2.48. The van der Waals surface area contributed by atoms with E-state index in [-0.39, 0.29) is 30.3 Å². The lowest BCUT2D eigenvalue weighted by Gasteiger charge is -2.38. The molecule has 5 heteroatoms. The van der Waals surface area contributed by atoms with Gasteiger partial charge in [-0.25, -0.2) is 0 Å². The Balaban J connectivity index is 1.87. The SMILES string of the molecule is CCCN(CC(=O)N1CCn2cccc2C1c1ccccc1)C(=O)C(C)C. The molecule has 0 bridgehead atoms. The molecule has 0 spiro atoms. The summed E-state index contributed by atoms with van der Waals surface area (Å²) in [6, 6.07) is 14.1. The van der Waals surface area contributed by atoms with Crippen LogP contribution in [0.3, 0.4) is 0 Å². The Kier molecular flexibility index (Phi) is 5.99. The Bertz CT molecular complexity index is 782. The molecule has 2 aromatic rings. The number of carbonyl (C=O) groups excluding carboxylic acids is 2. The number of hydrogen-bond acceptors (Lipinski definition) is 2. The Hall–Kier alpha value is -2.56. The zero-order valence-electron chi connectivity index (χ0n) is 16.5. The number of nitrogens with zero attached hydrogens (tertiary/aromatic N) is 3. The molecular formula is C22H29N3O2. The van der Waals surface area contributed by atoms with Crippen LogP contribution in [-0.4, -0.2) is 45.8 Å². The molecule has 3 rings (SSSR count). The fourth-order valence-electron chi connectivity index (χ4n) is 3.79. The van der Waals surface area contributed by atoms with Crippen LogP contribution in [0.15, 0.2) is 48.7 Å². The fourth-order valence-corrected chi connectivity index (χ4v) is 3.79. The predicted molar refractivity (Wildman–Crippen MR) is 106 cm³/mol. The third kappa shape index (κ3) is 4.07. The molecule has 1 aromatic carbocycles. The molecule has 0 saturated carbocycles. The molecule has 0 radical (unpaired) electrons. The first-order chi connectivity index (χ1) is 13.0. The lowest BCUT2D eigenvalue weighted by molar-refractivity contribution is -0.143. The maximum absolute atomic E-state index is 13.2. The van der Waals surface area contributed by atoms with E-state index in [9.17, 15) is 9.59 Å². The number of aromatic nitrogens is 1. The third-order valence-corrected chi connectivity index (χ3v) is 5.10. The molecule has 144 valence electrons. The highest BCUT2D eigenvalue weighted by Gasteiger charge is 2.33. The van der Waals surface area contributed by atoms with E-state index in [2.05, 4.69) is 29.0 Å². The normalized spacial score (nSPS) is 16.3. The molecule has 2 amide bonds. The van der Waals surface area contributed by atoms with Gasteiger partial charge >= 0.3 is 0 Å². The summed E-state index contributed by atoms with van der Waals surface area (Å²) in [5, 5.41) is 0. The molecule has 27 heavy (non-hydrogen) atoms. The van der Waals surface area contributed by atoms with E-state index in [0.29, 0.717) is 13.1 Å². The molecule has 1 aliphatic rings. The van der Waals surface area contributed by atoms with Crippen LogP contribution in [0, 0.1) is 5.92 Å². The van der Waals surface area contributed by atoms with Crippen molar-refractivity contribution in [3.05, 3.63) is 59.9 Å². The highest BCUT2D eigenvalue weighted by Crippen LogP contribution is 2.32. The minimum Gasteiger partial charge on any atom is -0.348 e. The summed E-state index contributed by atoms with van der Waals surface area (Å²) in [7, 11) is 0. The molecule has 1 aliphatic heterocycles. The summed E-state index contributed by atoms with van der Waals surface area (Å²) in [5.74, 6) is -0.0477. The van der Waals surface area contributed by atoms with Gasteiger partial charge in [0.25, 0.3) is 0 Å². The molecule has 5 nitrogen and oxygen atoms in total. The molecule has 0 saturated heterocycles. The zero-order chi connectivity index (χ0) is 19.4. The van der Waals surface area contributed by atoms with Gasteiger partial charge in [-0.2, -0.15) is 0 Å². The summed E-state index contributed by atoms with van der Waals surface area (Å²) < 4.78 is 2.21. The van der Waals surface area contributed by atoms with E-state index in [1.807, 2.05) is 49.9 Å². The quantitative estimate of drug-likeness (QED) is 0.786. The first kappa shape index (κ1) is 19.2. The monoisotopic (exact) mass is 367 g/mol. The minimum absolute atomic E-state index is 0.0127. The summed E-state index contributed by atoms with van der Waals surface area (Å²) >= 11 is 0. The van der Waals surface area contributed by atoms with Crippen molar-refractivity contribution in [2.75, 3.05) is 19.6 Å². The van der Waals surface area contributed by atoms with Crippen LogP contribution in [0.2, 0.25) is 0 Å². The summed E-state index contributed by atoms with van der Waals surface area (Å²) in [5.41, 5.74) is 2.22. The lowest BCUT2D eigenvalue weighted by atomic mass is 10.00. The number of fused-ring (bicyclic) bond motifs is 1. The number of amides is 2. The Labute approximate surface area is 161 Å². The van der Waals surface area contributed by atoms with Gasteiger partial charge in [-0.1, -0.05) is 51.1 Å². The first-order valence-corrected chi connectivity index (χ1v) is 9.81. The van der Waals surface area contributed by atoms with Gasteiger partial charge < -0.3 is 14.4 Å². The number of hydrogen-bond donors (Lipinski definition) is 0. The largest absolute Gasteiger partial charge is 0.348 e. The fraction of sp³-hybridized carbons (Fsp3) is 0.455. The highest BCUT2D eigenvalue weighted by molar-refractivity contribution is 5.86. The molecule has 0 aliphatic carbocycles. The average Bonchev–Trinajstić information content (AvgIpc) is 3.15. The van der Waals surface area contributed by atoms with E-state index in [4.69, 9.17) is 0 Å². The zero-order valence-corrected chi connectivity index (χ0v) is 16.5. The Morgan fingerprint density at radius 1 is 1.11 bits per heavy atom. The maximum Gasteiger partial charge on any atom is 0.243 e. The van der Waals surface area contributed by atoms with Gasteiger partial charge in [-0.15, -0.1) is 0 Å². The van der Waals surface area contributed by atoms with Crippen molar-refractivity contribution in [3.63, 3.8) is 0 Å². The van der Waals surface area contributed by atoms with Crippen LogP contribution >= 0.6 is 0 Å². The molecular weight excluding hydrogens is 338 g/mol. The van der Waals surface area contributed by atoms with Gasteiger partial charge in [0.15, 0.2) is 0 Å². The van der Waals surface area contributed by atoms with Crippen LogP contribution in [0.1, 0.15) is 44.5 Å². The van der Waals surface area contributed by atoms with Crippen molar-refractivity contribution in [2.45, 2.75) is 39.8 Å². The predicted octanol–water partition coefficient (Wildman–Crippen LogP) is 3.31. The number of carbonyl (C=O) groups is 2. The van der Waals surface area contributed by atoms with Crippen molar-refractivity contribution >= 4 is 11.8 Å². The van der Waals surface area contributed by atoms with Crippen LogP contribution in [0.5, 0.6) is 0 Å². The van der Waals surface area contributed by atoms with Gasteiger partial charge in [-0.05, 0) is 24.1 Å². The van der Waals surface area contributed by atoms with Crippen LogP contribution in [0.25, 0.3) is 0 Å². The molecule has 0 fully saturated rings. The summed E-state index contributed by atoms with van der Waals surface area (Å²) in [4.78, 5) is 29.4. The molecule has 2 heterocycles. The molecule has 1 aromatic heterocycles. The number of benzene rings is 1. The highest BCUT2D eigenvalue weighted by atomic mass is 16.2. The van der Waals surface area contributed by atoms with Crippen molar-refractivity contribution < 1.29 is 9.59 Å². The molecule has 0 N–H and O–H groups in total. The summed E-state index contributed by atoms with van der Waals surface area (Å²) in [6.07, 6.45) is 2.91. The smallest absolute Gasteiger partial charge is 0.243 e. The Morgan fingerprint density at radius 3 is 2.52 bits per heavy atom. The number of rotatable bonds is 6. The van der Waals surface area contributed by atoms with Crippen molar-refractivity contribution in [2.24, 2.45) is 5.92 Å². The topological polar surface area (TPSA) is 45.6 Å². The second kappa shape index (κ2) is 8.42. The van der Waals surface area contributed by atoms with Gasteiger partial charge in [-0.3, -0.25) is 9.59 Å². The third-order valence-electron chi connectivity index (χ3n) is 5.10. The van der Waals surface area contributed by atoms with Crippen LogP contribution in [-0.2, 0) is 16.1 Å².